The highest BCUT2D eigenvalue weighted by atomic mass is 79.9. The van der Waals surface area contributed by atoms with E-state index in [0.29, 0.717) is 0 Å². The van der Waals surface area contributed by atoms with Gasteiger partial charge in [-0.3, -0.25) is 4.79 Å². The van der Waals surface area contributed by atoms with Crippen LogP contribution in [0.1, 0.15) is 13.8 Å². The van der Waals surface area contributed by atoms with Gasteiger partial charge in [-0.25, -0.2) is 17.5 Å². The van der Waals surface area contributed by atoms with Crippen LogP contribution in [0, 0.1) is 5.82 Å². The first-order chi connectivity index (χ1) is 9.56. The molecule has 0 bridgehead atoms. The Hall–Kier alpha value is -0.900. The van der Waals surface area contributed by atoms with E-state index in [1.165, 1.54) is 0 Å². The molecule has 0 saturated carbocycles. The lowest BCUT2D eigenvalue weighted by Crippen LogP contribution is -2.40. The van der Waals surface area contributed by atoms with Crippen molar-refractivity contribution in [3.05, 3.63) is 21.4 Å². The maximum absolute atomic E-state index is 13.9. The molecule has 1 rings (SSSR count). The average molecular weight is 403 g/mol. The van der Waals surface area contributed by atoms with Gasteiger partial charge in [-0.2, -0.15) is 0 Å². The molecule has 0 spiro atoms. The van der Waals surface area contributed by atoms with E-state index in [0.717, 1.165) is 6.07 Å². The van der Waals surface area contributed by atoms with E-state index in [4.69, 9.17) is 17.3 Å². The average Bonchev–Trinajstić information content (AvgIpc) is 2.37. The number of carbonyl (C=O) groups is 1. The Labute approximate surface area is 135 Å². The summed E-state index contributed by atoms with van der Waals surface area (Å²) >= 11 is 8.71. The second-order valence-electron chi connectivity index (χ2n) is 4.44. The van der Waals surface area contributed by atoms with Crippen molar-refractivity contribution in [1.82, 2.24) is 10.0 Å². The van der Waals surface area contributed by atoms with Crippen LogP contribution in [0.25, 0.3) is 0 Å². The summed E-state index contributed by atoms with van der Waals surface area (Å²) in [6, 6.07) is 0.775. The van der Waals surface area contributed by atoms with Crippen LogP contribution in [0.2, 0.25) is 5.02 Å². The molecule has 1 aromatic carbocycles. The third kappa shape index (κ3) is 4.53. The molecule has 118 valence electrons. The summed E-state index contributed by atoms with van der Waals surface area (Å²) in [4.78, 5) is 10.7. The standard InChI is InChI=1S/C11H14BrClFN3O3S/c1-5(2)17-8(18)4-16-21(19,20)7-3-6(13)9(12)11(15)10(7)14/h3,5,16H,4,15H2,1-2H3,(H,17,18). The molecule has 0 atom stereocenters. The monoisotopic (exact) mass is 401 g/mol. The van der Waals surface area contributed by atoms with Gasteiger partial charge in [-0.1, -0.05) is 11.6 Å². The molecular weight excluding hydrogens is 389 g/mol. The van der Waals surface area contributed by atoms with Gasteiger partial charge in [0.05, 0.1) is 21.7 Å². The predicted molar refractivity (Wildman–Crippen MR) is 82.0 cm³/mol. The fraction of sp³-hybridized carbons (Fsp3) is 0.364. The van der Waals surface area contributed by atoms with E-state index >= 15 is 0 Å². The summed E-state index contributed by atoms with van der Waals surface area (Å²) in [5.41, 5.74) is 5.00. The van der Waals surface area contributed by atoms with Crippen molar-refractivity contribution in [2.75, 3.05) is 12.3 Å². The SMILES string of the molecule is CC(C)NC(=O)CNS(=O)(=O)c1cc(Cl)c(Br)c(N)c1F. The lowest BCUT2D eigenvalue weighted by molar-refractivity contribution is -0.120. The lowest BCUT2D eigenvalue weighted by Gasteiger charge is -2.12. The van der Waals surface area contributed by atoms with Crippen LogP contribution in [0.4, 0.5) is 10.1 Å². The number of sulfonamides is 1. The van der Waals surface area contributed by atoms with Crippen LogP contribution in [0.5, 0.6) is 0 Å². The van der Waals surface area contributed by atoms with Crippen LogP contribution in [-0.2, 0) is 14.8 Å². The number of amides is 1. The molecule has 0 heterocycles. The predicted octanol–water partition coefficient (Wildman–Crippen LogP) is 1.63. The van der Waals surface area contributed by atoms with Crippen LogP contribution < -0.4 is 15.8 Å². The second kappa shape index (κ2) is 6.91. The number of rotatable bonds is 5. The minimum absolute atomic E-state index is 0.0547. The second-order valence-corrected chi connectivity index (χ2v) is 7.38. The van der Waals surface area contributed by atoms with E-state index in [1.807, 2.05) is 4.72 Å². The van der Waals surface area contributed by atoms with Crippen molar-refractivity contribution >= 4 is 49.1 Å². The Morgan fingerprint density at radius 2 is 2.10 bits per heavy atom. The van der Waals surface area contributed by atoms with Crippen LogP contribution >= 0.6 is 27.5 Å². The van der Waals surface area contributed by atoms with Gasteiger partial charge in [-0.15, -0.1) is 0 Å². The Bertz CT molecular complexity index is 667. The number of nitrogen functional groups attached to an aromatic ring is 1. The highest BCUT2D eigenvalue weighted by molar-refractivity contribution is 9.10. The minimum Gasteiger partial charge on any atom is -0.395 e. The molecule has 10 heteroatoms. The largest absolute Gasteiger partial charge is 0.395 e. The number of hydrogen-bond donors (Lipinski definition) is 3. The van der Waals surface area contributed by atoms with Gasteiger partial charge in [0.2, 0.25) is 15.9 Å². The van der Waals surface area contributed by atoms with Crippen molar-refractivity contribution in [1.29, 1.82) is 0 Å². The summed E-state index contributed by atoms with van der Waals surface area (Å²) < 4.78 is 40.0. The number of nitrogens with one attached hydrogen (secondary N) is 2. The summed E-state index contributed by atoms with van der Waals surface area (Å²) in [5, 5.41) is 2.44. The maximum Gasteiger partial charge on any atom is 0.244 e. The zero-order valence-electron chi connectivity index (χ0n) is 11.2. The summed E-state index contributed by atoms with van der Waals surface area (Å²) in [6.45, 7) is 2.93. The molecule has 0 fully saturated rings. The molecule has 4 N–H and O–H groups in total. The lowest BCUT2D eigenvalue weighted by atomic mass is 10.3. The maximum atomic E-state index is 13.9. The fourth-order valence-corrected chi connectivity index (χ4v) is 3.07. The summed E-state index contributed by atoms with van der Waals surface area (Å²) in [6.07, 6.45) is 0. The van der Waals surface area contributed by atoms with E-state index in [2.05, 4.69) is 21.2 Å². The third-order valence-electron chi connectivity index (χ3n) is 2.32. The first-order valence-electron chi connectivity index (χ1n) is 5.78. The van der Waals surface area contributed by atoms with Crippen LogP contribution in [0.3, 0.4) is 0 Å². The van der Waals surface area contributed by atoms with Gasteiger partial charge < -0.3 is 11.1 Å². The molecule has 0 aliphatic carbocycles. The molecule has 0 aliphatic heterocycles. The molecule has 0 unspecified atom stereocenters. The molecule has 21 heavy (non-hydrogen) atoms. The molecule has 1 amide bonds. The minimum atomic E-state index is -4.25. The van der Waals surface area contributed by atoms with Crippen molar-refractivity contribution in [3.63, 3.8) is 0 Å². The number of carbonyl (C=O) groups excluding carboxylic acids is 1. The van der Waals surface area contributed by atoms with Gasteiger partial charge in [0.25, 0.3) is 0 Å². The Balaban J connectivity index is 3.02. The normalized spacial score (nSPS) is 11.7. The van der Waals surface area contributed by atoms with Gasteiger partial charge in [0.15, 0.2) is 5.82 Å². The fourth-order valence-electron chi connectivity index (χ4n) is 1.41. The topological polar surface area (TPSA) is 101 Å². The van der Waals surface area contributed by atoms with Crippen molar-refractivity contribution < 1.29 is 17.6 Å². The quantitative estimate of drug-likeness (QED) is 0.514. The summed E-state index contributed by atoms with van der Waals surface area (Å²) in [7, 11) is -4.25. The van der Waals surface area contributed by atoms with Crippen molar-refractivity contribution in [2.45, 2.75) is 24.8 Å². The van der Waals surface area contributed by atoms with E-state index in [-0.39, 0.29) is 15.5 Å². The number of hydrogen-bond acceptors (Lipinski definition) is 4. The van der Waals surface area contributed by atoms with Gasteiger partial charge in [0, 0.05) is 6.04 Å². The summed E-state index contributed by atoms with van der Waals surface area (Å²) in [5.74, 6) is -1.67. The van der Waals surface area contributed by atoms with Crippen molar-refractivity contribution in [3.8, 4) is 0 Å². The molecule has 0 saturated heterocycles. The van der Waals surface area contributed by atoms with E-state index in [1.54, 1.807) is 13.8 Å². The Morgan fingerprint density at radius 3 is 2.62 bits per heavy atom. The van der Waals surface area contributed by atoms with Gasteiger partial charge in [-0.05, 0) is 35.8 Å². The number of nitrogens with two attached hydrogens (primary N) is 1. The number of anilines is 1. The van der Waals surface area contributed by atoms with Crippen molar-refractivity contribution in [2.24, 2.45) is 0 Å². The third-order valence-corrected chi connectivity index (χ3v) is 5.10. The molecule has 1 aromatic rings. The number of halogens is 3. The molecule has 0 aromatic heterocycles. The molecular formula is C11H14BrClFN3O3S. The molecule has 0 aliphatic rings. The number of benzene rings is 1. The Morgan fingerprint density at radius 1 is 1.52 bits per heavy atom. The van der Waals surface area contributed by atoms with Gasteiger partial charge >= 0.3 is 0 Å². The highest BCUT2D eigenvalue weighted by Crippen LogP contribution is 2.34. The Kier molecular flexibility index (Phi) is 5.97. The smallest absolute Gasteiger partial charge is 0.244 e. The first-order valence-corrected chi connectivity index (χ1v) is 8.43. The molecule has 0 radical (unpaired) electrons. The van der Waals surface area contributed by atoms with Crippen LogP contribution in [0.15, 0.2) is 15.4 Å². The van der Waals surface area contributed by atoms with E-state index in [9.17, 15) is 17.6 Å². The zero-order chi connectivity index (χ0) is 16.4. The van der Waals surface area contributed by atoms with Crippen LogP contribution in [-0.4, -0.2) is 26.9 Å². The van der Waals surface area contributed by atoms with E-state index < -0.39 is 38.9 Å². The first kappa shape index (κ1) is 18.1. The molecule has 6 nitrogen and oxygen atoms in total. The highest BCUT2D eigenvalue weighted by Gasteiger charge is 2.24. The van der Waals surface area contributed by atoms with Gasteiger partial charge in [0.1, 0.15) is 4.90 Å². The zero-order valence-corrected chi connectivity index (χ0v) is 14.4.